The van der Waals surface area contributed by atoms with Crippen molar-refractivity contribution in [3.63, 3.8) is 0 Å². The van der Waals surface area contributed by atoms with E-state index >= 15 is 0 Å². The third kappa shape index (κ3) is 5.83. The first-order valence-corrected chi connectivity index (χ1v) is 17.0. The Balaban J connectivity index is 1.02. The van der Waals surface area contributed by atoms with E-state index in [4.69, 9.17) is 25.4 Å². The molecule has 13 heteroatoms. The number of aliphatic imine (C=N–C) groups is 1. The fourth-order valence-electron chi connectivity index (χ4n) is 10.4. The molecule has 7 N–H and O–H groups in total. The number of esters is 1. The molecule has 4 saturated carbocycles. The normalized spacial score (nSPS) is 38.8. The number of nitrogens with two attached hydrogens (primary N) is 2. The zero-order valence-electron chi connectivity index (χ0n) is 27.2. The zero-order valence-corrected chi connectivity index (χ0v) is 27.2. The number of carbonyl (C=O) groups excluding carboxylic acids is 2. The second kappa shape index (κ2) is 12.5. The van der Waals surface area contributed by atoms with E-state index in [1.807, 2.05) is 0 Å². The van der Waals surface area contributed by atoms with Crippen molar-refractivity contribution in [1.29, 1.82) is 0 Å². The summed E-state index contributed by atoms with van der Waals surface area (Å²) in [4.78, 5) is 52.2. The van der Waals surface area contributed by atoms with E-state index in [0.29, 0.717) is 24.2 Å². The average molecular weight is 657 g/mol. The van der Waals surface area contributed by atoms with Gasteiger partial charge in [-0.2, -0.15) is 0 Å². The molecule has 1 amide bonds. The summed E-state index contributed by atoms with van der Waals surface area (Å²) in [6.45, 7) is 4.89. The molecule has 0 bridgehead atoms. The molecule has 11 atom stereocenters. The van der Waals surface area contributed by atoms with Crippen LogP contribution >= 0.6 is 0 Å². The summed E-state index contributed by atoms with van der Waals surface area (Å²) >= 11 is 0. The second-order valence-electron chi connectivity index (χ2n) is 14.9. The maximum absolute atomic E-state index is 12.8. The number of aliphatic hydroxyl groups excluding tert-OH is 1. The maximum Gasteiger partial charge on any atom is 0.335 e. The highest BCUT2D eigenvalue weighted by Gasteiger charge is 2.83. The van der Waals surface area contributed by atoms with Crippen LogP contribution in [0.1, 0.15) is 96.0 Å². The SMILES string of the molecule is C[C@]12CC[C@H](OC(=O)CCC(=O)N[C@@H](CCCN=C(N)N)C(=O)O)C[C@H]1CC[C@@H]1[C@@H]2CC[C@]2(C)[C@@H](c3ccc(=O)oc3)[C@@H](O)[C@H]3O[C@]132. The molecule has 6 rings (SSSR count). The Morgan fingerprint density at radius 1 is 1.11 bits per heavy atom. The summed E-state index contributed by atoms with van der Waals surface area (Å²) in [5, 5.41) is 23.4. The van der Waals surface area contributed by atoms with Crippen molar-refractivity contribution in [1.82, 2.24) is 5.32 Å². The van der Waals surface area contributed by atoms with Gasteiger partial charge >= 0.3 is 17.6 Å². The highest BCUT2D eigenvalue weighted by molar-refractivity contribution is 5.85. The van der Waals surface area contributed by atoms with Crippen LogP contribution in [-0.2, 0) is 23.9 Å². The van der Waals surface area contributed by atoms with Crippen molar-refractivity contribution in [3.05, 3.63) is 34.4 Å². The topological polar surface area (TPSA) is 220 Å². The first-order chi connectivity index (χ1) is 22.3. The molecule has 2 heterocycles. The van der Waals surface area contributed by atoms with Crippen LogP contribution in [-0.4, -0.2) is 70.5 Å². The van der Waals surface area contributed by atoms with Crippen LogP contribution in [0, 0.1) is 28.6 Å². The van der Waals surface area contributed by atoms with Crippen LogP contribution in [0.15, 0.2) is 32.6 Å². The quantitative estimate of drug-likeness (QED) is 0.0764. The van der Waals surface area contributed by atoms with Crippen LogP contribution in [0.5, 0.6) is 0 Å². The Kier molecular flexibility index (Phi) is 8.92. The van der Waals surface area contributed by atoms with Crippen LogP contribution in [0.3, 0.4) is 0 Å². The lowest BCUT2D eigenvalue weighted by Gasteiger charge is -2.61. The van der Waals surface area contributed by atoms with E-state index in [1.54, 1.807) is 6.07 Å². The Labute approximate surface area is 273 Å². The molecule has 5 fully saturated rings. The molecule has 0 radical (unpaired) electrons. The molecule has 1 aromatic rings. The fraction of sp³-hybridized carbons (Fsp3) is 0.735. The lowest BCUT2D eigenvalue weighted by molar-refractivity contribution is -0.166. The molecule has 258 valence electrons. The van der Waals surface area contributed by atoms with Crippen LogP contribution in [0.25, 0.3) is 0 Å². The van der Waals surface area contributed by atoms with E-state index in [9.17, 15) is 29.4 Å². The number of carboxylic acids is 1. The highest BCUT2D eigenvalue weighted by Crippen LogP contribution is 2.77. The first kappa shape index (κ1) is 33.5. The molecular weight excluding hydrogens is 608 g/mol. The predicted molar refractivity (Wildman–Crippen MR) is 169 cm³/mol. The zero-order chi connectivity index (χ0) is 33.7. The predicted octanol–water partition coefficient (Wildman–Crippen LogP) is 2.18. The number of epoxide rings is 1. The average Bonchev–Trinajstić information content (AvgIpc) is 3.73. The lowest BCUT2D eigenvalue weighted by Crippen LogP contribution is -2.58. The van der Waals surface area contributed by atoms with Crippen molar-refractivity contribution in [2.45, 2.75) is 120 Å². The highest BCUT2D eigenvalue weighted by atomic mass is 16.6. The van der Waals surface area contributed by atoms with Gasteiger partial charge in [-0.3, -0.25) is 14.6 Å². The maximum atomic E-state index is 12.8. The van der Waals surface area contributed by atoms with Crippen molar-refractivity contribution in [3.8, 4) is 0 Å². The molecule has 1 aromatic heterocycles. The van der Waals surface area contributed by atoms with Gasteiger partial charge in [-0.1, -0.05) is 13.8 Å². The van der Waals surface area contributed by atoms with E-state index in [1.165, 1.54) is 12.3 Å². The summed E-state index contributed by atoms with van der Waals surface area (Å²) in [6.07, 6.45) is 7.03. The number of rotatable bonds is 11. The Hall–Kier alpha value is -3.45. The van der Waals surface area contributed by atoms with E-state index in [0.717, 1.165) is 50.5 Å². The standard InChI is InChI=1S/C34H48N4O9/c1-32-13-11-20(46-26(41)10-8-24(39)38-23(30(43)44)4-3-15-37-31(35)36)16-19(32)6-7-22-21(32)12-14-33(2)27(18-5-9-25(40)45-17-18)28(42)29-34(22,33)47-29/h5,9,17,19-23,27-29,42H,3-4,6-8,10-16H2,1-2H3,(H,38,39)(H,43,44)(H4,35,36,37)/t19-,20+,21+,22-,23+,27+,28-,29-,32+,33-,34-/m1/s1. The number of nitrogens with one attached hydrogen (secondary N) is 1. The van der Waals surface area contributed by atoms with Crippen molar-refractivity contribution >= 4 is 23.8 Å². The monoisotopic (exact) mass is 656 g/mol. The van der Waals surface area contributed by atoms with Gasteiger partial charge in [-0.25, -0.2) is 9.59 Å². The lowest BCUT2D eigenvalue weighted by atomic mass is 9.44. The van der Waals surface area contributed by atoms with Gasteiger partial charge in [0, 0.05) is 30.4 Å². The van der Waals surface area contributed by atoms with Gasteiger partial charge in [-0.05, 0) is 92.6 Å². The molecule has 47 heavy (non-hydrogen) atoms. The van der Waals surface area contributed by atoms with Crippen LogP contribution < -0.4 is 22.4 Å². The van der Waals surface area contributed by atoms with Gasteiger partial charge in [0.2, 0.25) is 5.91 Å². The minimum Gasteiger partial charge on any atom is -0.480 e. The van der Waals surface area contributed by atoms with Crippen LogP contribution in [0.2, 0.25) is 0 Å². The Morgan fingerprint density at radius 3 is 2.60 bits per heavy atom. The number of carbonyl (C=O) groups is 3. The third-order valence-electron chi connectivity index (χ3n) is 12.6. The number of carboxylic acid groups (broad SMARTS) is 1. The van der Waals surface area contributed by atoms with E-state index in [-0.39, 0.29) is 66.3 Å². The summed E-state index contributed by atoms with van der Waals surface area (Å²) < 4.78 is 17.6. The molecule has 1 spiro atoms. The van der Waals surface area contributed by atoms with Crippen molar-refractivity contribution < 1.29 is 38.5 Å². The molecule has 5 aliphatic rings. The van der Waals surface area contributed by atoms with Gasteiger partial charge in [0.05, 0.1) is 18.8 Å². The first-order valence-electron chi connectivity index (χ1n) is 17.0. The van der Waals surface area contributed by atoms with Crippen molar-refractivity contribution in [2.24, 2.45) is 45.0 Å². The summed E-state index contributed by atoms with van der Waals surface area (Å²) in [5.74, 6) is -1.23. The molecular formula is C34H48N4O9. The molecule has 13 nitrogen and oxygen atoms in total. The summed E-state index contributed by atoms with van der Waals surface area (Å²) in [6, 6.07) is 2.12. The number of hydrogen-bond donors (Lipinski definition) is 5. The summed E-state index contributed by atoms with van der Waals surface area (Å²) in [7, 11) is 0. The number of nitrogens with zero attached hydrogens (tertiary/aromatic N) is 1. The molecule has 0 unspecified atom stereocenters. The second-order valence-corrected chi connectivity index (χ2v) is 14.9. The fourth-order valence-corrected chi connectivity index (χ4v) is 10.4. The van der Waals surface area contributed by atoms with Gasteiger partial charge in [0.15, 0.2) is 5.96 Å². The van der Waals surface area contributed by atoms with Gasteiger partial charge in [0.1, 0.15) is 23.9 Å². The smallest absolute Gasteiger partial charge is 0.335 e. The minimum absolute atomic E-state index is 0.0634. The van der Waals surface area contributed by atoms with E-state index in [2.05, 4.69) is 24.2 Å². The van der Waals surface area contributed by atoms with Gasteiger partial charge < -0.3 is 40.9 Å². The number of guanidine groups is 1. The molecule has 4 aliphatic carbocycles. The number of ether oxygens (including phenoxy) is 2. The van der Waals surface area contributed by atoms with Gasteiger partial charge in [0.25, 0.3) is 0 Å². The van der Waals surface area contributed by atoms with E-state index < -0.39 is 35.6 Å². The number of hydrogen-bond acceptors (Lipinski definition) is 9. The number of fused-ring (bicyclic) bond motifs is 3. The van der Waals surface area contributed by atoms with Crippen LogP contribution in [0.4, 0.5) is 0 Å². The Bertz CT molecular complexity index is 1460. The number of aliphatic carboxylic acids is 1. The summed E-state index contributed by atoms with van der Waals surface area (Å²) in [5.41, 5.74) is 10.4. The third-order valence-corrected chi connectivity index (χ3v) is 12.6. The largest absolute Gasteiger partial charge is 0.480 e. The molecule has 0 aromatic carbocycles. The molecule has 1 aliphatic heterocycles. The molecule has 1 saturated heterocycles. The minimum atomic E-state index is -1.16. The number of amides is 1. The van der Waals surface area contributed by atoms with Gasteiger partial charge in [-0.15, -0.1) is 0 Å². The Morgan fingerprint density at radius 2 is 1.89 bits per heavy atom. The van der Waals surface area contributed by atoms with Crippen molar-refractivity contribution in [2.75, 3.05) is 6.54 Å². The number of aliphatic hydroxyl groups is 1.